The van der Waals surface area contributed by atoms with Crippen LogP contribution in [0.25, 0.3) is 0 Å². The van der Waals surface area contributed by atoms with E-state index in [2.05, 4.69) is 30.0 Å². The normalized spacial score (nSPS) is 20.2. The van der Waals surface area contributed by atoms with Crippen molar-refractivity contribution in [3.05, 3.63) is 64.7 Å². The zero-order valence-electron chi connectivity index (χ0n) is 16.1. The second kappa shape index (κ2) is 9.56. The molecule has 1 aliphatic heterocycles. The van der Waals surface area contributed by atoms with E-state index in [4.69, 9.17) is 26.8 Å². The van der Waals surface area contributed by atoms with Crippen molar-refractivity contribution < 1.29 is 9.47 Å². The molecule has 1 aliphatic rings. The highest BCUT2D eigenvalue weighted by Gasteiger charge is 2.25. The molecule has 2 aromatic carbocycles. The number of hydrogen-bond acceptors (Lipinski definition) is 4. The molecule has 146 valence electrons. The molecule has 2 N–H and O–H groups in total. The summed E-state index contributed by atoms with van der Waals surface area (Å²) in [6.07, 6.45) is 1.11. The fraction of sp³-hybridized carbons (Fsp3) is 0.455. The second-order valence-electron chi connectivity index (χ2n) is 7.27. The predicted octanol–water partition coefficient (Wildman–Crippen LogP) is 4.07. The monoisotopic (exact) mass is 388 g/mol. The molecule has 0 spiro atoms. The van der Waals surface area contributed by atoms with E-state index in [0.29, 0.717) is 12.6 Å². The quantitative estimate of drug-likeness (QED) is 0.776. The number of nitrogens with two attached hydrogens (primary N) is 1. The SMILES string of the molecule is CC(CN)Oc1ccc(CC(C)N2CCOC(c3cccc(Cl)c3)C2)cc1. The Labute approximate surface area is 167 Å². The van der Waals surface area contributed by atoms with Crippen LogP contribution in [0.2, 0.25) is 5.02 Å². The summed E-state index contributed by atoms with van der Waals surface area (Å²) in [5, 5.41) is 0.757. The topological polar surface area (TPSA) is 47.7 Å². The van der Waals surface area contributed by atoms with Crippen LogP contribution in [0.1, 0.15) is 31.1 Å². The van der Waals surface area contributed by atoms with Gasteiger partial charge in [0, 0.05) is 30.7 Å². The van der Waals surface area contributed by atoms with Gasteiger partial charge in [-0.25, -0.2) is 0 Å². The van der Waals surface area contributed by atoms with Gasteiger partial charge in [-0.1, -0.05) is 35.9 Å². The summed E-state index contributed by atoms with van der Waals surface area (Å²) < 4.78 is 11.7. The molecule has 0 aliphatic carbocycles. The van der Waals surface area contributed by atoms with E-state index in [9.17, 15) is 0 Å². The molecule has 1 saturated heterocycles. The summed E-state index contributed by atoms with van der Waals surface area (Å²) in [5.74, 6) is 0.872. The minimum Gasteiger partial charge on any atom is -0.489 e. The van der Waals surface area contributed by atoms with Crippen LogP contribution in [0.3, 0.4) is 0 Å². The van der Waals surface area contributed by atoms with E-state index >= 15 is 0 Å². The van der Waals surface area contributed by atoms with E-state index in [1.165, 1.54) is 5.56 Å². The number of rotatable bonds is 7. The lowest BCUT2D eigenvalue weighted by atomic mass is 10.0. The van der Waals surface area contributed by atoms with Gasteiger partial charge in [-0.15, -0.1) is 0 Å². The highest BCUT2D eigenvalue weighted by atomic mass is 35.5. The van der Waals surface area contributed by atoms with E-state index < -0.39 is 0 Å². The molecule has 1 heterocycles. The van der Waals surface area contributed by atoms with Gasteiger partial charge in [-0.05, 0) is 55.7 Å². The van der Waals surface area contributed by atoms with E-state index in [1.807, 2.05) is 37.3 Å². The third-order valence-electron chi connectivity index (χ3n) is 5.07. The Morgan fingerprint density at radius 2 is 2.00 bits per heavy atom. The van der Waals surface area contributed by atoms with E-state index in [-0.39, 0.29) is 12.2 Å². The lowest BCUT2D eigenvalue weighted by Gasteiger charge is -2.37. The lowest BCUT2D eigenvalue weighted by Crippen LogP contribution is -2.44. The Morgan fingerprint density at radius 1 is 1.22 bits per heavy atom. The molecule has 3 rings (SSSR count). The molecule has 0 saturated carbocycles. The molecular weight excluding hydrogens is 360 g/mol. The van der Waals surface area contributed by atoms with Crippen molar-refractivity contribution in [2.45, 2.75) is 38.5 Å². The van der Waals surface area contributed by atoms with Crippen LogP contribution in [0.15, 0.2) is 48.5 Å². The molecule has 1 fully saturated rings. The van der Waals surface area contributed by atoms with Crippen molar-refractivity contribution >= 4 is 11.6 Å². The van der Waals surface area contributed by atoms with Gasteiger partial charge in [0.2, 0.25) is 0 Å². The van der Waals surface area contributed by atoms with Crippen LogP contribution >= 0.6 is 11.6 Å². The first-order valence-corrected chi connectivity index (χ1v) is 9.99. The number of morpholine rings is 1. The van der Waals surface area contributed by atoms with Crippen molar-refractivity contribution in [1.29, 1.82) is 0 Å². The van der Waals surface area contributed by atoms with Gasteiger partial charge in [-0.2, -0.15) is 0 Å². The maximum absolute atomic E-state index is 6.14. The maximum Gasteiger partial charge on any atom is 0.119 e. The van der Waals surface area contributed by atoms with E-state index in [0.717, 1.165) is 42.5 Å². The molecule has 3 unspecified atom stereocenters. The fourth-order valence-electron chi connectivity index (χ4n) is 3.43. The van der Waals surface area contributed by atoms with Crippen molar-refractivity contribution in [1.82, 2.24) is 4.90 Å². The number of ether oxygens (including phenoxy) is 2. The van der Waals surface area contributed by atoms with Crippen LogP contribution in [-0.4, -0.2) is 43.3 Å². The van der Waals surface area contributed by atoms with Gasteiger partial charge in [0.1, 0.15) is 11.9 Å². The van der Waals surface area contributed by atoms with E-state index in [1.54, 1.807) is 0 Å². The summed E-state index contributed by atoms with van der Waals surface area (Å²) in [5.41, 5.74) is 8.07. The van der Waals surface area contributed by atoms with Gasteiger partial charge in [-0.3, -0.25) is 4.90 Å². The van der Waals surface area contributed by atoms with Crippen LogP contribution in [0.4, 0.5) is 0 Å². The summed E-state index contributed by atoms with van der Waals surface area (Å²) in [7, 11) is 0. The Kier molecular flexibility index (Phi) is 7.13. The van der Waals surface area contributed by atoms with Gasteiger partial charge in [0.15, 0.2) is 0 Å². The molecule has 4 nitrogen and oxygen atoms in total. The minimum absolute atomic E-state index is 0.0338. The number of benzene rings is 2. The predicted molar refractivity (Wildman–Crippen MR) is 110 cm³/mol. The van der Waals surface area contributed by atoms with Crippen molar-refractivity contribution in [2.24, 2.45) is 5.73 Å². The minimum atomic E-state index is 0.0338. The molecule has 27 heavy (non-hydrogen) atoms. The van der Waals surface area contributed by atoms with Gasteiger partial charge < -0.3 is 15.2 Å². The summed E-state index contributed by atoms with van der Waals surface area (Å²) in [6.45, 7) is 7.35. The Bertz CT molecular complexity index is 723. The number of nitrogens with zero attached hydrogens (tertiary/aromatic N) is 1. The second-order valence-corrected chi connectivity index (χ2v) is 7.71. The van der Waals surface area contributed by atoms with Crippen LogP contribution in [-0.2, 0) is 11.2 Å². The molecule has 5 heteroatoms. The third-order valence-corrected chi connectivity index (χ3v) is 5.30. The highest BCUT2D eigenvalue weighted by Crippen LogP contribution is 2.26. The highest BCUT2D eigenvalue weighted by molar-refractivity contribution is 6.30. The Morgan fingerprint density at radius 3 is 2.70 bits per heavy atom. The first-order chi connectivity index (χ1) is 13.0. The standard InChI is InChI=1S/C22H29ClN2O2/c1-16(12-18-6-8-21(9-7-18)27-17(2)14-24)25-10-11-26-22(15-25)19-4-3-5-20(23)13-19/h3-9,13,16-17,22H,10-12,14-15,24H2,1-2H3. The lowest BCUT2D eigenvalue weighted by molar-refractivity contribution is -0.0424. The number of halogens is 1. The molecular formula is C22H29ClN2O2. The zero-order valence-corrected chi connectivity index (χ0v) is 16.9. The summed E-state index contributed by atoms with van der Waals surface area (Å²) in [6, 6.07) is 16.8. The average Bonchev–Trinajstić information content (AvgIpc) is 2.69. The molecule has 3 atom stereocenters. The van der Waals surface area contributed by atoms with Gasteiger partial charge in [0.05, 0.1) is 12.7 Å². The van der Waals surface area contributed by atoms with Crippen molar-refractivity contribution in [3.63, 3.8) is 0 Å². The maximum atomic E-state index is 6.14. The molecule has 0 amide bonds. The van der Waals surface area contributed by atoms with Crippen LogP contribution in [0.5, 0.6) is 5.75 Å². The average molecular weight is 389 g/mol. The smallest absolute Gasteiger partial charge is 0.119 e. The van der Waals surface area contributed by atoms with Crippen molar-refractivity contribution in [3.8, 4) is 5.75 Å². The summed E-state index contributed by atoms with van der Waals surface area (Å²) >= 11 is 6.14. The molecule has 2 aromatic rings. The zero-order chi connectivity index (χ0) is 19.2. The number of hydrogen-bond donors (Lipinski definition) is 1. The van der Waals surface area contributed by atoms with Crippen LogP contribution in [0, 0.1) is 0 Å². The van der Waals surface area contributed by atoms with Crippen molar-refractivity contribution in [2.75, 3.05) is 26.2 Å². The third kappa shape index (κ3) is 5.69. The largest absolute Gasteiger partial charge is 0.489 e. The molecule has 0 radical (unpaired) electrons. The molecule has 0 aromatic heterocycles. The summed E-state index contributed by atoms with van der Waals surface area (Å²) in [4.78, 5) is 2.50. The Hall–Kier alpha value is -1.59. The first-order valence-electron chi connectivity index (χ1n) is 9.62. The van der Waals surface area contributed by atoms with Gasteiger partial charge in [0.25, 0.3) is 0 Å². The first kappa shape index (κ1) is 20.2. The van der Waals surface area contributed by atoms with Crippen LogP contribution < -0.4 is 10.5 Å². The fourth-order valence-corrected chi connectivity index (χ4v) is 3.63. The van der Waals surface area contributed by atoms with Gasteiger partial charge >= 0.3 is 0 Å². The Balaban J connectivity index is 1.58. The molecule has 0 bridgehead atoms.